The number of rotatable bonds is 5. The van der Waals surface area contributed by atoms with Gasteiger partial charge in [0, 0.05) is 6.42 Å². The molecule has 0 saturated heterocycles. The third-order valence-corrected chi connectivity index (χ3v) is 5.17. The first-order valence-electron chi connectivity index (χ1n) is 7.21. The number of ether oxygens (including phenoxy) is 1. The fourth-order valence-corrected chi connectivity index (χ4v) is 3.74. The average molecular weight is 311 g/mol. The Morgan fingerprint density at radius 1 is 1.29 bits per heavy atom. The maximum atomic E-state index is 12.3. The molecule has 1 aromatic carbocycles. The van der Waals surface area contributed by atoms with Crippen molar-refractivity contribution >= 4 is 16.0 Å². The minimum Gasteiger partial charge on any atom is -0.461 e. The normalized spacial score (nSPS) is 22.2. The van der Waals surface area contributed by atoms with E-state index in [4.69, 9.17) is 4.74 Å². The number of hydrogen-bond acceptors (Lipinski definition) is 4. The molecule has 2 unspecified atom stereocenters. The van der Waals surface area contributed by atoms with Crippen molar-refractivity contribution in [3.63, 3.8) is 0 Å². The Balaban J connectivity index is 2.08. The second kappa shape index (κ2) is 6.58. The van der Waals surface area contributed by atoms with E-state index >= 15 is 0 Å². The summed E-state index contributed by atoms with van der Waals surface area (Å²) >= 11 is 0. The molecule has 1 aromatic rings. The fourth-order valence-electron chi connectivity index (χ4n) is 2.44. The molecule has 1 aliphatic rings. The number of hydrogen-bond donors (Lipinski definition) is 1. The Morgan fingerprint density at radius 3 is 2.57 bits per heavy atom. The molecule has 0 aliphatic heterocycles. The summed E-state index contributed by atoms with van der Waals surface area (Å²) < 4.78 is 32.7. The predicted molar refractivity (Wildman–Crippen MR) is 79.3 cm³/mol. The molecule has 0 radical (unpaired) electrons. The highest BCUT2D eigenvalue weighted by atomic mass is 32.2. The van der Waals surface area contributed by atoms with Crippen molar-refractivity contribution in [2.45, 2.75) is 56.6 Å². The van der Waals surface area contributed by atoms with Gasteiger partial charge >= 0.3 is 5.97 Å². The summed E-state index contributed by atoms with van der Waals surface area (Å²) in [7, 11) is -3.58. The minimum atomic E-state index is -3.58. The summed E-state index contributed by atoms with van der Waals surface area (Å²) in [6.45, 7) is 3.63. The Hall–Kier alpha value is -1.40. The van der Waals surface area contributed by atoms with Crippen molar-refractivity contribution in [1.82, 2.24) is 4.72 Å². The Bertz CT molecular complexity index is 595. The lowest BCUT2D eigenvalue weighted by molar-refractivity contribution is -0.149. The van der Waals surface area contributed by atoms with Gasteiger partial charge in [0.15, 0.2) is 0 Å². The van der Waals surface area contributed by atoms with Crippen LogP contribution in [-0.4, -0.2) is 26.5 Å². The quantitative estimate of drug-likeness (QED) is 0.846. The highest BCUT2D eigenvalue weighted by Gasteiger charge is 2.33. The van der Waals surface area contributed by atoms with E-state index in [1.165, 1.54) is 0 Å². The van der Waals surface area contributed by atoms with Gasteiger partial charge in [-0.2, -0.15) is 0 Å². The summed E-state index contributed by atoms with van der Waals surface area (Å²) in [5, 5.41) is 0. The van der Waals surface area contributed by atoms with Crippen LogP contribution in [0.15, 0.2) is 29.2 Å². The number of carbonyl (C=O) groups excluding carboxylic acids is 1. The van der Waals surface area contributed by atoms with Gasteiger partial charge in [-0.25, -0.2) is 13.1 Å². The third-order valence-electron chi connectivity index (χ3n) is 3.66. The van der Waals surface area contributed by atoms with E-state index < -0.39 is 10.0 Å². The molecule has 21 heavy (non-hydrogen) atoms. The van der Waals surface area contributed by atoms with Gasteiger partial charge in [-0.05, 0) is 38.3 Å². The SMILES string of the molecule is CCC(=O)OC1CCCC1NS(=O)(=O)c1ccc(C)cc1. The summed E-state index contributed by atoms with van der Waals surface area (Å²) in [5.41, 5.74) is 1.00. The molecule has 0 heterocycles. The molecule has 0 aromatic heterocycles. The van der Waals surface area contributed by atoms with Gasteiger partial charge in [0.2, 0.25) is 10.0 Å². The van der Waals surface area contributed by atoms with Gasteiger partial charge in [0.05, 0.1) is 10.9 Å². The number of esters is 1. The second-order valence-electron chi connectivity index (χ2n) is 5.35. The lowest BCUT2D eigenvalue weighted by Crippen LogP contribution is -2.41. The monoisotopic (exact) mass is 311 g/mol. The van der Waals surface area contributed by atoms with Gasteiger partial charge in [-0.1, -0.05) is 24.6 Å². The molecule has 0 bridgehead atoms. The number of aryl methyl sites for hydroxylation is 1. The average Bonchev–Trinajstić information content (AvgIpc) is 2.85. The van der Waals surface area contributed by atoms with E-state index in [2.05, 4.69) is 4.72 Å². The molecule has 2 atom stereocenters. The van der Waals surface area contributed by atoms with E-state index in [9.17, 15) is 13.2 Å². The number of benzene rings is 1. The summed E-state index contributed by atoms with van der Waals surface area (Å²) in [4.78, 5) is 11.6. The topological polar surface area (TPSA) is 72.5 Å². The highest BCUT2D eigenvalue weighted by molar-refractivity contribution is 7.89. The highest BCUT2D eigenvalue weighted by Crippen LogP contribution is 2.24. The van der Waals surface area contributed by atoms with E-state index in [-0.39, 0.29) is 23.0 Å². The molecule has 1 aliphatic carbocycles. The number of nitrogens with one attached hydrogen (secondary N) is 1. The van der Waals surface area contributed by atoms with Crippen LogP contribution in [0, 0.1) is 6.92 Å². The minimum absolute atomic E-state index is 0.237. The zero-order valence-electron chi connectivity index (χ0n) is 12.3. The van der Waals surface area contributed by atoms with Crippen molar-refractivity contribution in [2.75, 3.05) is 0 Å². The van der Waals surface area contributed by atoms with Crippen molar-refractivity contribution in [3.8, 4) is 0 Å². The molecule has 2 rings (SSSR count). The molecular weight excluding hydrogens is 290 g/mol. The van der Waals surface area contributed by atoms with Crippen LogP contribution in [0.1, 0.15) is 38.2 Å². The van der Waals surface area contributed by atoms with Crippen molar-refractivity contribution in [2.24, 2.45) is 0 Å². The van der Waals surface area contributed by atoms with Crippen LogP contribution in [0.4, 0.5) is 0 Å². The van der Waals surface area contributed by atoms with Crippen LogP contribution in [0.2, 0.25) is 0 Å². The second-order valence-corrected chi connectivity index (χ2v) is 7.07. The standard InChI is InChI=1S/C15H21NO4S/c1-3-15(17)20-14-6-4-5-13(14)16-21(18,19)12-9-7-11(2)8-10-12/h7-10,13-14,16H,3-6H2,1-2H3. The van der Waals surface area contributed by atoms with E-state index in [1.54, 1.807) is 31.2 Å². The first-order valence-corrected chi connectivity index (χ1v) is 8.69. The zero-order chi connectivity index (χ0) is 15.5. The lowest BCUT2D eigenvalue weighted by atomic mass is 10.2. The van der Waals surface area contributed by atoms with Gasteiger partial charge < -0.3 is 4.74 Å². The van der Waals surface area contributed by atoms with Crippen LogP contribution >= 0.6 is 0 Å². The summed E-state index contributed by atoms with van der Waals surface area (Å²) in [6.07, 6.45) is 2.17. The fraction of sp³-hybridized carbons (Fsp3) is 0.533. The van der Waals surface area contributed by atoms with Crippen molar-refractivity contribution in [1.29, 1.82) is 0 Å². The van der Waals surface area contributed by atoms with Gasteiger partial charge in [0.1, 0.15) is 6.10 Å². The van der Waals surface area contributed by atoms with Gasteiger partial charge in [0.25, 0.3) is 0 Å². The number of sulfonamides is 1. The first-order chi connectivity index (χ1) is 9.92. The van der Waals surface area contributed by atoms with Crippen LogP contribution in [0.25, 0.3) is 0 Å². The smallest absolute Gasteiger partial charge is 0.305 e. The van der Waals surface area contributed by atoms with Crippen LogP contribution < -0.4 is 4.72 Å². The van der Waals surface area contributed by atoms with E-state index in [0.29, 0.717) is 19.3 Å². The molecule has 0 spiro atoms. The molecular formula is C15H21NO4S. The van der Waals surface area contributed by atoms with E-state index in [1.807, 2.05) is 6.92 Å². The van der Waals surface area contributed by atoms with Crippen molar-refractivity contribution in [3.05, 3.63) is 29.8 Å². The molecule has 116 valence electrons. The Kier molecular flexibility index (Phi) is 5.00. The Labute approximate surface area is 125 Å². The third kappa shape index (κ3) is 4.04. The molecule has 5 nitrogen and oxygen atoms in total. The number of carbonyl (C=O) groups is 1. The lowest BCUT2D eigenvalue weighted by Gasteiger charge is -2.21. The molecule has 0 amide bonds. The molecule has 1 saturated carbocycles. The maximum Gasteiger partial charge on any atom is 0.305 e. The predicted octanol–water partition coefficient (Wildman–Crippen LogP) is 2.15. The largest absolute Gasteiger partial charge is 0.461 e. The summed E-state index contributed by atoms with van der Waals surface area (Å²) in [6, 6.07) is 6.35. The molecule has 1 N–H and O–H groups in total. The van der Waals surface area contributed by atoms with Gasteiger partial charge in [-0.3, -0.25) is 4.79 Å². The Morgan fingerprint density at radius 2 is 1.95 bits per heavy atom. The molecule has 1 fully saturated rings. The van der Waals surface area contributed by atoms with Crippen molar-refractivity contribution < 1.29 is 17.9 Å². The molecule has 6 heteroatoms. The first kappa shape index (κ1) is 16.0. The maximum absolute atomic E-state index is 12.3. The van der Waals surface area contributed by atoms with Crippen LogP contribution in [-0.2, 0) is 19.6 Å². The van der Waals surface area contributed by atoms with E-state index in [0.717, 1.165) is 12.0 Å². The van der Waals surface area contributed by atoms with Gasteiger partial charge in [-0.15, -0.1) is 0 Å². The zero-order valence-corrected chi connectivity index (χ0v) is 13.2. The van der Waals surface area contributed by atoms with Crippen LogP contribution in [0.3, 0.4) is 0 Å². The summed E-state index contributed by atoms with van der Waals surface area (Å²) in [5.74, 6) is -0.290. The van der Waals surface area contributed by atoms with Crippen LogP contribution in [0.5, 0.6) is 0 Å².